The zero-order valence-electron chi connectivity index (χ0n) is 10.1. The lowest BCUT2D eigenvalue weighted by molar-refractivity contribution is -0.131. The minimum atomic E-state index is -0.445. The highest BCUT2D eigenvalue weighted by molar-refractivity contribution is 9.09. The molecule has 0 atom stereocenters. The molecule has 5 heteroatoms. The Morgan fingerprint density at radius 1 is 1.56 bits per heavy atom. The van der Waals surface area contributed by atoms with Crippen molar-refractivity contribution in [2.24, 2.45) is 0 Å². The summed E-state index contributed by atoms with van der Waals surface area (Å²) in [6.07, 6.45) is 0.395. The van der Waals surface area contributed by atoms with Crippen molar-refractivity contribution in [2.75, 3.05) is 11.9 Å². The summed E-state index contributed by atoms with van der Waals surface area (Å²) in [4.78, 5) is 13.3. The summed E-state index contributed by atoms with van der Waals surface area (Å²) in [6, 6.07) is 6.18. The third-order valence-corrected chi connectivity index (χ3v) is 2.98. The Balaban J connectivity index is 2.82. The second-order valence-electron chi connectivity index (χ2n) is 3.76. The summed E-state index contributed by atoms with van der Waals surface area (Å²) in [5.74, 6) is -0.461. The van der Waals surface area contributed by atoms with Gasteiger partial charge in [0.2, 0.25) is 5.91 Å². The molecule has 1 amide bonds. The number of hydrogen-bond donors (Lipinski definition) is 0. The first kappa shape index (κ1) is 14.7. The molecule has 0 aliphatic rings. The summed E-state index contributed by atoms with van der Waals surface area (Å²) in [5, 5.41) is 9.25. The van der Waals surface area contributed by atoms with Gasteiger partial charge in [-0.2, -0.15) is 5.26 Å². The van der Waals surface area contributed by atoms with Crippen LogP contribution in [-0.4, -0.2) is 22.7 Å². The third-order valence-electron chi connectivity index (χ3n) is 2.59. The van der Waals surface area contributed by atoms with Gasteiger partial charge in [-0.05, 0) is 19.1 Å². The van der Waals surface area contributed by atoms with E-state index in [2.05, 4.69) is 15.9 Å². The molecule has 0 fully saturated rings. The number of alkyl halides is 1. The smallest absolute Gasteiger partial charge is 0.223 e. The molecule has 0 saturated carbocycles. The monoisotopic (exact) mass is 312 g/mol. The zero-order valence-corrected chi connectivity index (χ0v) is 11.7. The molecule has 0 aliphatic carbocycles. The molecule has 0 aliphatic heterocycles. The van der Waals surface area contributed by atoms with Crippen LogP contribution in [-0.2, 0) is 11.3 Å². The lowest BCUT2D eigenvalue weighted by Gasteiger charge is -2.21. The van der Waals surface area contributed by atoms with Gasteiger partial charge in [0.25, 0.3) is 0 Å². The van der Waals surface area contributed by atoms with E-state index in [-0.39, 0.29) is 18.0 Å². The summed E-state index contributed by atoms with van der Waals surface area (Å²) in [7, 11) is 0. The number of halogens is 2. The van der Waals surface area contributed by atoms with E-state index in [4.69, 9.17) is 5.26 Å². The van der Waals surface area contributed by atoms with Gasteiger partial charge in [0.05, 0.1) is 11.6 Å². The van der Waals surface area contributed by atoms with E-state index >= 15 is 0 Å². The highest BCUT2D eigenvalue weighted by Crippen LogP contribution is 2.13. The lowest BCUT2D eigenvalue weighted by atomic mass is 10.1. The Morgan fingerprint density at radius 2 is 2.28 bits per heavy atom. The third kappa shape index (κ3) is 3.81. The van der Waals surface area contributed by atoms with Gasteiger partial charge >= 0.3 is 0 Å². The number of hydrogen-bond acceptors (Lipinski definition) is 2. The van der Waals surface area contributed by atoms with Crippen LogP contribution in [0.1, 0.15) is 24.5 Å². The summed E-state index contributed by atoms with van der Waals surface area (Å²) < 4.78 is 13.7. The van der Waals surface area contributed by atoms with Crippen LogP contribution in [0.3, 0.4) is 0 Å². The minimum Gasteiger partial charge on any atom is -0.339 e. The van der Waals surface area contributed by atoms with Crippen LogP contribution in [0.4, 0.5) is 4.39 Å². The van der Waals surface area contributed by atoms with E-state index in [0.29, 0.717) is 23.9 Å². The SMILES string of the molecule is CCN(Cc1ccc(C#N)cc1F)C(=O)CCBr. The predicted octanol–water partition coefficient (Wildman–Crippen LogP) is 2.83. The second-order valence-corrected chi connectivity index (χ2v) is 4.56. The Morgan fingerprint density at radius 3 is 2.78 bits per heavy atom. The van der Waals surface area contributed by atoms with E-state index < -0.39 is 5.82 Å². The molecule has 0 aromatic heterocycles. The van der Waals surface area contributed by atoms with E-state index in [1.54, 1.807) is 17.0 Å². The molecule has 3 nitrogen and oxygen atoms in total. The summed E-state index contributed by atoms with van der Waals surface area (Å²) >= 11 is 3.21. The van der Waals surface area contributed by atoms with E-state index in [1.807, 2.05) is 13.0 Å². The van der Waals surface area contributed by atoms with Crippen molar-refractivity contribution >= 4 is 21.8 Å². The zero-order chi connectivity index (χ0) is 13.5. The fourth-order valence-electron chi connectivity index (χ4n) is 1.57. The van der Waals surface area contributed by atoms with Crippen LogP contribution in [0.2, 0.25) is 0 Å². The van der Waals surface area contributed by atoms with Crippen molar-refractivity contribution in [3.8, 4) is 6.07 Å². The van der Waals surface area contributed by atoms with Crippen LogP contribution >= 0.6 is 15.9 Å². The molecule has 0 radical (unpaired) electrons. The standard InChI is InChI=1S/C13H14BrFN2O/c1-2-17(13(18)5-6-14)9-11-4-3-10(8-16)7-12(11)15/h3-4,7H,2,5-6,9H2,1H3. The normalized spacial score (nSPS) is 9.89. The Bertz CT molecular complexity index is 471. The molecule has 0 N–H and O–H groups in total. The number of carbonyl (C=O) groups excluding carboxylic acids is 1. The van der Waals surface area contributed by atoms with Crippen molar-refractivity contribution in [1.82, 2.24) is 4.90 Å². The molecular formula is C13H14BrFN2O. The molecule has 1 aromatic rings. The van der Waals surface area contributed by atoms with Crippen LogP contribution in [0.25, 0.3) is 0 Å². The van der Waals surface area contributed by atoms with Crippen molar-refractivity contribution in [3.63, 3.8) is 0 Å². The van der Waals surface area contributed by atoms with Crippen LogP contribution in [0.5, 0.6) is 0 Å². The van der Waals surface area contributed by atoms with Crippen LogP contribution in [0.15, 0.2) is 18.2 Å². The van der Waals surface area contributed by atoms with Gasteiger partial charge in [-0.25, -0.2) is 4.39 Å². The van der Waals surface area contributed by atoms with E-state index in [1.165, 1.54) is 6.07 Å². The first-order valence-corrected chi connectivity index (χ1v) is 6.76. The Labute approximate surface area is 114 Å². The number of amides is 1. The number of rotatable bonds is 5. The Hall–Kier alpha value is -1.41. The second kappa shape index (κ2) is 7.12. The van der Waals surface area contributed by atoms with Gasteiger partial charge < -0.3 is 4.90 Å². The molecule has 0 heterocycles. The van der Waals surface area contributed by atoms with Gasteiger partial charge in [-0.15, -0.1) is 0 Å². The molecular weight excluding hydrogens is 299 g/mol. The average Bonchev–Trinajstić information content (AvgIpc) is 2.37. The van der Waals surface area contributed by atoms with E-state index in [9.17, 15) is 9.18 Å². The van der Waals surface area contributed by atoms with Crippen molar-refractivity contribution in [3.05, 3.63) is 35.1 Å². The summed E-state index contributed by atoms with van der Waals surface area (Å²) in [5.41, 5.74) is 0.713. The molecule has 0 saturated heterocycles. The topological polar surface area (TPSA) is 44.1 Å². The lowest BCUT2D eigenvalue weighted by Crippen LogP contribution is -2.30. The van der Waals surface area contributed by atoms with Gasteiger partial charge in [-0.1, -0.05) is 22.0 Å². The fraction of sp³-hybridized carbons (Fsp3) is 0.385. The van der Waals surface area contributed by atoms with E-state index in [0.717, 1.165) is 0 Å². The summed E-state index contributed by atoms with van der Waals surface area (Å²) in [6.45, 7) is 2.62. The van der Waals surface area contributed by atoms with Gasteiger partial charge in [0.15, 0.2) is 0 Å². The molecule has 0 spiro atoms. The first-order chi connectivity index (χ1) is 8.62. The number of carbonyl (C=O) groups is 1. The van der Waals surface area contributed by atoms with Gasteiger partial charge in [0, 0.05) is 30.4 Å². The highest BCUT2D eigenvalue weighted by atomic mass is 79.9. The molecule has 0 unspecified atom stereocenters. The number of nitriles is 1. The predicted molar refractivity (Wildman–Crippen MR) is 70.6 cm³/mol. The number of nitrogens with zero attached hydrogens (tertiary/aromatic N) is 2. The van der Waals surface area contributed by atoms with Crippen LogP contribution < -0.4 is 0 Å². The maximum absolute atomic E-state index is 13.7. The van der Waals surface area contributed by atoms with Gasteiger partial charge in [0.1, 0.15) is 5.82 Å². The average molecular weight is 313 g/mol. The molecule has 0 bridgehead atoms. The maximum Gasteiger partial charge on any atom is 0.223 e. The van der Waals surface area contributed by atoms with Crippen molar-refractivity contribution in [2.45, 2.75) is 19.9 Å². The minimum absolute atomic E-state index is 0.0156. The molecule has 18 heavy (non-hydrogen) atoms. The quantitative estimate of drug-likeness (QED) is 0.785. The molecule has 1 aromatic carbocycles. The van der Waals surface area contributed by atoms with Crippen molar-refractivity contribution in [1.29, 1.82) is 5.26 Å². The number of benzene rings is 1. The highest BCUT2D eigenvalue weighted by Gasteiger charge is 2.13. The largest absolute Gasteiger partial charge is 0.339 e. The van der Waals surface area contributed by atoms with Gasteiger partial charge in [-0.3, -0.25) is 4.79 Å². The maximum atomic E-state index is 13.7. The fourth-order valence-corrected chi connectivity index (χ4v) is 1.91. The Kier molecular flexibility index (Phi) is 5.79. The molecule has 96 valence electrons. The first-order valence-electron chi connectivity index (χ1n) is 5.64. The molecule has 1 rings (SSSR count). The van der Waals surface area contributed by atoms with Crippen molar-refractivity contribution < 1.29 is 9.18 Å². The van der Waals surface area contributed by atoms with Crippen LogP contribution in [0, 0.1) is 17.1 Å².